The van der Waals surface area contributed by atoms with Crippen molar-refractivity contribution in [3.8, 4) is 11.4 Å². The van der Waals surface area contributed by atoms with Gasteiger partial charge in [0.05, 0.1) is 0 Å². The first-order chi connectivity index (χ1) is 12.0. The lowest BCUT2D eigenvalue weighted by atomic mass is 9.96. The van der Waals surface area contributed by atoms with E-state index in [1.165, 1.54) is 5.69 Å². The molecule has 0 spiro atoms. The van der Waals surface area contributed by atoms with Crippen molar-refractivity contribution in [3.63, 3.8) is 0 Å². The molecular weight excluding hydrogens is 314 g/mol. The van der Waals surface area contributed by atoms with Gasteiger partial charge >= 0.3 is 6.03 Å². The Kier molecular flexibility index (Phi) is 5.36. The van der Waals surface area contributed by atoms with Crippen LogP contribution in [0.1, 0.15) is 32.4 Å². The average Bonchev–Trinajstić information content (AvgIpc) is 2.96. The summed E-state index contributed by atoms with van der Waals surface area (Å²) in [6.07, 6.45) is 7.61. The predicted molar refractivity (Wildman–Crippen MR) is 98.2 cm³/mol. The van der Waals surface area contributed by atoms with E-state index in [2.05, 4.69) is 26.8 Å². The number of aromatic nitrogens is 3. The minimum Gasteiger partial charge on any atom is -0.336 e. The van der Waals surface area contributed by atoms with Crippen molar-refractivity contribution < 1.29 is 4.79 Å². The zero-order chi connectivity index (χ0) is 17.8. The lowest BCUT2D eigenvalue weighted by molar-refractivity contribution is 0.163. The van der Waals surface area contributed by atoms with Crippen LogP contribution < -0.4 is 5.32 Å². The summed E-state index contributed by atoms with van der Waals surface area (Å²) in [6, 6.07) is 4.23. The number of carbonyl (C=O) groups is 1. The van der Waals surface area contributed by atoms with Gasteiger partial charge in [-0.25, -0.2) is 9.78 Å². The number of piperidine rings is 1. The summed E-state index contributed by atoms with van der Waals surface area (Å²) in [4.78, 5) is 22.8. The Balaban J connectivity index is 1.63. The maximum atomic E-state index is 12.1. The number of hydrogen-bond donors (Lipinski definition) is 1. The van der Waals surface area contributed by atoms with E-state index in [0.717, 1.165) is 43.9 Å². The predicted octanol–water partition coefficient (Wildman–Crippen LogP) is 3.08. The van der Waals surface area contributed by atoms with Crippen molar-refractivity contribution in [2.45, 2.75) is 46.2 Å². The third kappa shape index (κ3) is 4.18. The van der Waals surface area contributed by atoms with Crippen LogP contribution in [-0.4, -0.2) is 44.6 Å². The number of rotatable bonds is 4. The van der Waals surface area contributed by atoms with Crippen molar-refractivity contribution in [1.29, 1.82) is 0 Å². The van der Waals surface area contributed by atoms with Gasteiger partial charge in [0, 0.05) is 55.5 Å². The molecule has 0 saturated carbocycles. The summed E-state index contributed by atoms with van der Waals surface area (Å²) < 4.78 is 2.28. The summed E-state index contributed by atoms with van der Waals surface area (Å²) in [5.41, 5.74) is 2.21. The molecule has 0 aromatic carbocycles. The molecular formula is C19H27N5O. The molecule has 6 nitrogen and oxygen atoms in total. The number of pyridine rings is 1. The van der Waals surface area contributed by atoms with Crippen LogP contribution in [0.15, 0.2) is 30.7 Å². The van der Waals surface area contributed by atoms with E-state index < -0.39 is 0 Å². The molecule has 0 radical (unpaired) electrons. The van der Waals surface area contributed by atoms with Crippen LogP contribution >= 0.6 is 0 Å². The van der Waals surface area contributed by atoms with Crippen LogP contribution in [-0.2, 0) is 6.54 Å². The minimum atomic E-state index is 0.0586. The van der Waals surface area contributed by atoms with Gasteiger partial charge in [-0.2, -0.15) is 0 Å². The molecule has 3 rings (SSSR count). The fourth-order valence-corrected chi connectivity index (χ4v) is 3.33. The summed E-state index contributed by atoms with van der Waals surface area (Å²) in [5.74, 6) is 1.54. The Hall–Kier alpha value is -2.37. The molecule has 1 aliphatic rings. The van der Waals surface area contributed by atoms with Crippen LogP contribution in [0.3, 0.4) is 0 Å². The smallest absolute Gasteiger partial charge is 0.317 e. The van der Waals surface area contributed by atoms with E-state index in [-0.39, 0.29) is 12.1 Å². The van der Waals surface area contributed by atoms with E-state index in [9.17, 15) is 4.79 Å². The number of urea groups is 1. The summed E-state index contributed by atoms with van der Waals surface area (Å²) in [5, 5.41) is 2.98. The number of nitrogens with zero attached hydrogens (tertiary/aromatic N) is 4. The van der Waals surface area contributed by atoms with Crippen molar-refractivity contribution in [1.82, 2.24) is 24.8 Å². The molecule has 1 N–H and O–H groups in total. The minimum absolute atomic E-state index is 0.0586. The van der Waals surface area contributed by atoms with E-state index in [0.29, 0.717) is 5.92 Å². The average molecular weight is 341 g/mol. The van der Waals surface area contributed by atoms with Crippen molar-refractivity contribution in [2.24, 2.45) is 5.92 Å². The van der Waals surface area contributed by atoms with Gasteiger partial charge in [-0.15, -0.1) is 0 Å². The SMILES string of the molecule is Cc1cnc(-c2cccnc2)n1CC1CCN(C(=O)NC(C)C)CC1. The van der Waals surface area contributed by atoms with Gasteiger partial charge in [-0.05, 0) is 51.7 Å². The third-order valence-corrected chi connectivity index (χ3v) is 4.73. The number of likely N-dealkylation sites (tertiary alicyclic amines) is 1. The zero-order valence-corrected chi connectivity index (χ0v) is 15.3. The first-order valence-electron chi connectivity index (χ1n) is 9.02. The fourth-order valence-electron chi connectivity index (χ4n) is 3.33. The second-order valence-corrected chi connectivity index (χ2v) is 7.11. The molecule has 1 saturated heterocycles. The van der Waals surface area contributed by atoms with Gasteiger partial charge in [0.25, 0.3) is 0 Å². The standard InChI is InChI=1S/C19H27N5O/c1-14(2)22-19(25)23-9-6-16(7-10-23)13-24-15(3)11-21-18(24)17-5-4-8-20-12-17/h4-5,8,11-12,14,16H,6-7,9-10,13H2,1-3H3,(H,22,25). The third-order valence-electron chi connectivity index (χ3n) is 4.73. The van der Waals surface area contributed by atoms with E-state index in [1.54, 1.807) is 6.20 Å². The number of amides is 2. The van der Waals surface area contributed by atoms with Gasteiger partial charge in [0.2, 0.25) is 0 Å². The largest absolute Gasteiger partial charge is 0.336 e. The van der Waals surface area contributed by atoms with Crippen molar-refractivity contribution >= 4 is 6.03 Å². The lowest BCUT2D eigenvalue weighted by Gasteiger charge is -2.33. The zero-order valence-electron chi connectivity index (χ0n) is 15.3. The highest BCUT2D eigenvalue weighted by atomic mass is 16.2. The highest BCUT2D eigenvalue weighted by Gasteiger charge is 2.24. The van der Waals surface area contributed by atoms with Crippen LogP contribution in [0.4, 0.5) is 4.79 Å². The Labute approximate surface area is 149 Å². The molecule has 0 unspecified atom stereocenters. The number of hydrogen-bond acceptors (Lipinski definition) is 3. The highest BCUT2D eigenvalue weighted by Crippen LogP contribution is 2.24. The monoisotopic (exact) mass is 341 g/mol. The Bertz CT molecular complexity index is 702. The molecule has 1 fully saturated rings. The van der Waals surface area contributed by atoms with E-state index in [1.807, 2.05) is 43.3 Å². The molecule has 134 valence electrons. The molecule has 3 heterocycles. The quantitative estimate of drug-likeness (QED) is 0.929. The molecule has 0 atom stereocenters. The molecule has 25 heavy (non-hydrogen) atoms. The van der Waals surface area contributed by atoms with Gasteiger partial charge in [-0.1, -0.05) is 0 Å². The van der Waals surface area contributed by atoms with Gasteiger partial charge in [0.15, 0.2) is 0 Å². The topological polar surface area (TPSA) is 63.1 Å². The number of nitrogens with one attached hydrogen (secondary N) is 1. The fraction of sp³-hybridized carbons (Fsp3) is 0.526. The Morgan fingerprint density at radius 2 is 2.08 bits per heavy atom. The number of imidazole rings is 1. The Morgan fingerprint density at radius 3 is 2.72 bits per heavy atom. The van der Waals surface area contributed by atoms with Crippen LogP contribution in [0.25, 0.3) is 11.4 Å². The molecule has 2 amide bonds. The van der Waals surface area contributed by atoms with Crippen molar-refractivity contribution in [2.75, 3.05) is 13.1 Å². The van der Waals surface area contributed by atoms with Gasteiger partial charge < -0.3 is 14.8 Å². The molecule has 0 aliphatic carbocycles. The maximum absolute atomic E-state index is 12.1. The van der Waals surface area contributed by atoms with E-state index >= 15 is 0 Å². The van der Waals surface area contributed by atoms with Crippen LogP contribution in [0.2, 0.25) is 0 Å². The van der Waals surface area contributed by atoms with Gasteiger partial charge in [-0.3, -0.25) is 4.98 Å². The first kappa shape index (κ1) is 17.5. The molecule has 2 aromatic heterocycles. The molecule has 6 heteroatoms. The van der Waals surface area contributed by atoms with Crippen LogP contribution in [0.5, 0.6) is 0 Å². The molecule has 2 aromatic rings. The molecule has 0 bridgehead atoms. The second-order valence-electron chi connectivity index (χ2n) is 7.11. The lowest BCUT2D eigenvalue weighted by Crippen LogP contribution is -2.46. The summed E-state index contributed by atoms with van der Waals surface area (Å²) in [7, 11) is 0. The highest BCUT2D eigenvalue weighted by molar-refractivity contribution is 5.74. The van der Waals surface area contributed by atoms with Crippen molar-refractivity contribution in [3.05, 3.63) is 36.4 Å². The number of carbonyl (C=O) groups excluding carboxylic acids is 1. The Morgan fingerprint density at radius 1 is 1.32 bits per heavy atom. The summed E-state index contributed by atoms with van der Waals surface area (Å²) in [6.45, 7) is 8.66. The molecule has 1 aliphatic heterocycles. The summed E-state index contributed by atoms with van der Waals surface area (Å²) >= 11 is 0. The van der Waals surface area contributed by atoms with Gasteiger partial charge in [0.1, 0.15) is 5.82 Å². The second kappa shape index (κ2) is 7.68. The van der Waals surface area contributed by atoms with Crippen LogP contribution in [0, 0.1) is 12.8 Å². The van der Waals surface area contributed by atoms with E-state index in [4.69, 9.17) is 0 Å². The maximum Gasteiger partial charge on any atom is 0.317 e. The normalized spacial score (nSPS) is 15.6. The first-order valence-corrected chi connectivity index (χ1v) is 9.02. The number of aryl methyl sites for hydroxylation is 1.